The lowest BCUT2D eigenvalue weighted by atomic mass is 9.93. The van der Waals surface area contributed by atoms with Crippen LogP contribution in [0.4, 0.5) is 38.0 Å². The Balaban J connectivity index is 1.37. The summed E-state index contributed by atoms with van der Waals surface area (Å²) in [5, 5.41) is 0.0883. The number of benzene rings is 3. The molecule has 0 amide bonds. The fourth-order valence-electron chi connectivity index (χ4n) is 7.22. The third-order valence-corrected chi connectivity index (χ3v) is 10.7. The van der Waals surface area contributed by atoms with Gasteiger partial charge in [0.1, 0.15) is 58.0 Å². The van der Waals surface area contributed by atoms with E-state index >= 15 is 8.78 Å². The third-order valence-electron chi connectivity index (χ3n) is 10.2. The molecule has 1 aliphatic rings. The Bertz CT molecular complexity index is 2440. The van der Waals surface area contributed by atoms with Gasteiger partial charge in [-0.1, -0.05) is 42.1 Å². The number of aromatic nitrogens is 4. The Morgan fingerprint density at radius 3 is 2.03 bits per heavy atom. The molecule has 0 aliphatic carbocycles. The molecular weight excluding hydrogens is 783 g/mol. The number of hydrogen-bond acceptors (Lipinski definition) is 10. The summed E-state index contributed by atoms with van der Waals surface area (Å²) in [5.74, 6) is -2.30. The van der Waals surface area contributed by atoms with E-state index in [4.69, 9.17) is 24.2 Å². The van der Waals surface area contributed by atoms with E-state index in [9.17, 15) is 17.6 Å². The number of hydrogen-bond donors (Lipinski definition) is 0. The molecule has 0 saturated heterocycles. The zero-order valence-corrected chi connectivity index (χ0v) is 33.2. The van der Waals surface area contributed by atoms with Gasteiger partial charge in [0.15, 0.2) is 11.0 Å². The van der Waals surface area contributed by atoms with E-state index in [2.05, 4.69) is 14.9 Å². The molecule has 302 valence electrons. The summed E-state index contributed by atoms with van der Waals surface area (Å²) in [6.45, 7) is 4.83. The maximum absolute atomic E-state index is 16.9. The van der Waals surface area contributed by atoms with Crippen LogP contribution >= 0.6 is 11.8 Å². The van der Waals surface area contributed by atoms with Crippen LogP contribution in [0.25, 0.3) is 22.2 Å². The summed E-state index contributed by atoms with van der Waals surface area (Å²) >= 11 is 1.08. The molecule has 0 N–H and O–H groups in total. The van der Waals surface area contributed by atoms with E-state index in [0.29, 0.717) is 30.4 Å². The largest absolute Gasteiger partial charge is 0.497 e. The van der Waals surface area contributed by atoms with Crippen LogP contribution in [-0.2, 0) is 19.3 Å². The average molecular weight is 821 g/mol. The minimum atomic E-state index is -5.25. The van der Waals surface area contributed by atoms with Gasteiger partial charge < -0.3 is 24.0 Å². The fraction of sp³-hybridized carbons (Fsp3) is 0.286. The summed E-state index contributed by atoms with van der Waals surface area (Å²) in [6.07, 6.45) is -1.89. The average Bonchev–Trinajstić information content (AvgIpc) is 3.41. The van der Waals surface area contributed by atoms with Crippen LogP contribution in [0.3, 0.4) is 0 Å². The highest BCUT2D eigenvalue weighted by molar-refractivity contribution is 7.98. The maximum atomic E-state index is 16.9. The first-order valence-electron chi connectivity index (χ1n) is 18.1. The first-order chi connectivity index (χ1) is 27.7. The molecule has 4 heterocycles. The smallest absolute Gasteiger partial charge is 0.417 e. The number of thioether (sulfide) groups is 1. The fourth-order valence-corrected chi connectivity index (χ4v) is 7.58. The Morgan fingerprint density at radius 1 is 0.845 bits per heavy atom. The quantitative estimate of drug-likeness (QED) is 0.0716. The molecule has 0 fully saturated rings. The van der Waals surface area contributed by atoms with Gasteiger partial charge in [-0.05, 0) is 74.0 Å². The lowest BCUT2D eigenvalue weighted by Crippen LogP contribution is -2.33. The van der Waals surface area contributed by atoms with Crippen LogP contribution in [-0.4, -0.2) is 53.6 Å². The van der Waals surface area contributed by atoms with E-state index in [-0.39, 0.29) is 35.4 Å². The number of nitrogens with zero attached hydrogens (tertiary/aromatic N) is 6. The molecule has 0 bridgehead atoms. The van der Waals surface area contributed by atoms with E-state index in [1.54, 1.807) is 26.7 Å². The van der Waals surface area contributed by atoms with Crippen molar-refractivity contribution in [1.29, 1.82) is 0 Å². The minimum absolute atomic E-state index is 0.00770. The van der Waals surface area contributed by atoms with Crippen molar-refractivity contribution in [2.75, 3.05) is 43.4 Å². The molecule has 16 heteroatoms. The Morgan fingerprint density at radius 2 is 1.47 bits per heavy atom. The van der Waals surface area contributed by atoms with Gasteiger partial charge in [-0.15, -0.1) is 0 Å². The first kappa shape index (κ1) is 40.4. The second kappa shape index (κ2) is 16.2. The number of halogens is 6. The number of methoxy groups -OCH3 is 2. The highest BCUT2D eigenvalue weighted by Crippen LogP contribution is 2.47. The Kier molecular flexibility index (Phi) is 11.3. The van der Waals surface area contributed by atoms with E-state index < -0.39 is 63.1 Å². The van der Waals surface area contributed by atoms with Gasteiger partial charge in [0.25, 0.3) is 0 Å². The SMILES string of the molecule is COc1ccc(CN(Cc2ccc(OC)cc2)c2ncccc2[C@@H](C)N2CCOc3nc(-c4c(F)c(C)c(F)c(C)c4C(F)(F)F)c(F)c4nc(SC)nc2c34)cc1. The molecule has 0 spiro atoms. The third kappa shape index (κ3) is 7.52. The van der Waals surface area contributed by atoms with Crippen LogP contribution < -0.4 is 24.0 Å². The lowest BCUT2D eigenvalue weighted by molar-refractivity contribution is -0.137. The van der Waals surface area contributed by atoms with Crippen molar-refractivity contribution in [3.8, 4) is 28.6 Å². The van der Waals surface area contributed by atoms with Crippen molar-refractivity contribution < 1.29 is 40.6 Å². The van der Waals surface area contributed by atoms with Crippen LogP contribution in [0.1, 0.15) is 46.3 Å². The molecular formula is C42H38F6N6O3S. The number of ether oxygens (including phenoxy) is 3. The van der Waals surface area contributed by atoms with Crippen LogP contribution in [0.5, 0.6) is 17.4 Å². The zero-order chi connectivity index (χ0) is 41.5. The van der Waals surface area contributed by atoms with Crippen molar-refractivity contribution in [1.82, 2.24) is 19.9 Å². The van der Waals surface area contributed by atoms with Gasteiger partial charge in [0, 0.05) is 30.4 Å². The molecule has 58 heavy (non-hydrogen) atoms. The maximum Gasteiger partial charge on any atom is 0.417 e. The van der Waals surface area contributed by atoms with Gasteiger partial charge in [-0.3, -0.25) is 0 Å². The monoisotopic (exact) mass is 820 g/mol. The molecule has 6 aromatic rings. The number of anilines is 2. The van der Waals surface area contributed by atoms with Crippen molar-refractivity contribution >= 4 is 34.3 Å². The predicted octanol–water partition coefficient (Wildman–Crippen LogP) is 10.0. The van der Waals surface area contributed by atoms with E-state index in [1.807, 2.05) is 72.5 Å². The summed E-state index contributed by atoms with van der Waals surface area (Å²) in [7, 11) is 3.21. The molecule has 3 aromatic heterocycles. The molecule has 1 aliphatic heterocycles. The summed E-state index contributed by atoms with van der Waals surface area (Å²) < 4.78 is 108. The number of pyridine rings is 2. The number of rotatable bonds is 11. The van der Waals surface area contributed by atoms with Gasteiger partial charge in [-0.25, -0.2) is 33.1 Å². The predicted molar refractivity (Wildman–Crippen MR) is 210 cm³/mol. The summed E-state index contributed by atoms with van der Waals surface area (Å²) in [6, 6.07) is 18.7. The molecule has 9 nitrogen and oxygen atoms in total. The molecule has 3 aromatic carbocycles. The highest BCUT2D eigenvalue weighted by atomic mass is 32.2. The second-order valence-corrected chi connectivity index (χ2v) is 14.4. The Labute approximate surface area is 335 Å². The van der Waals surface area contributed by atoms with Gasteiger partial charge in [0.2, 0.25) is 5.88 Å². The Hall–Kier alpha value is -5.77. The topological polar surface area (TPSA) is 85.7 Å². The standard InChI is InChI=1S/C42H38F6N6O3S/c1-22-32(42(46,47)48)30(34(44)23(2)33(22)43)36-35(45)37-31-39(52-41(51-37)58-6)54(18-19-57-40(31)50-36)24(3)29-8-7-17-49-38(29)53(20-25-9-13-27(55-4)14-10-25)21-26-11-15-28(56-5)16-12-26/h7-17,24H,18-21H2,1-6H3/t24-/m1/s1. The highest BCUT2D eigenvalue weighted by Gasteiger charge is 2.42. The van der Waals surface area contributed by atoms with Gasteiger partial charge in [-0.2, -0.15) is 13.2 Å². The van der Waals surface area contributed by atoms with Crippen LogP contribution in [0.15, 0.2) is 72.0 Å². The first-order valence-corrected chi connectivity index (χ1v) is 19.3. The van der Waals surface area contributed by atoms with Gasteiger partial charge >= 0.3 is 6.18 Å². The van der Waals surface area contributed by atoms with Crippen molar-refractivity contribution in [2.45, 2.75) is 51.2 Å². The van der Waals surface area contributed by atoms with E-state index in [1.165, 1.54) is 0 Å². The van der Waals surface area contributed by atoms with Gasteiger partial charge in [0.05, 0.1) is 37.9 Å². The summed E-state index contributed by atoms with van der Waals surface area (Å²) in [4.78, 5) is 22.2. The van der Waals surface area contributed by atoms with Crippen molar-refractivity contribution in [3.63, 3.8) is 0 Å². The number of alkyl halides is 3. The van der Waals surface area contributed by atoms with Crippen molar-refractivity contribution in [3.05, 3.63) is 118 Å². The summed E-state index contributed by atoms with van der Waals surface area (Å²) in [5.41, 5.74) is -3.15. The molecule has 0 radical (unpaired) electrons. The lowest BCUT2D eigenvalue weighted by Gasteiger charge is -2.33. The zero-order valence-electron chi connectivity index (χ0n) is 32.3. The van der Waals surface area contributed by atoms with Crippen LogP contribution in [0.2, 0.25) is 0 Å². The second-order valence-electron chi connectivity index (χ2n) is 13.6. The van der Waals surface area contributed by atoms with E-state index in [0.717, 1.165) is 42.3 Å². The molecule has 0 saturated carbocycles. The molecule has 1 atom stereocenters. The van der Waals surface area contributed by atoms with Crippen LogP contribution in [0, 0.1) is 31.3 Å². The minimum Gasteiger partial charge on any atom is -0.497 e. The molecule has 0 unspecified atom stereocenters. The van der Waals surface area contributed by atoms with Crippen molar-refractivity contribution in [2.24, 2.45) is 0 Å². The normalized spacial score (nSPS) is 13.3. The molecule has 7 rings (SSSR count).